The molecule has 0 saturated carbocycles. The summed E-state index contributed by atoms with van der Waals surface area (Å²) >= 11 is 0. The molecule has 1 aromatic heterocycles. The maximum absolute atomic E-state index is 12.6. The van der Waals surface area contributed by atoms with Crippen LogP contribution in [0.2, 0.25) is 0 Å². The molecule has 1 amide bonds. The topological polar surface area (TPSA) is 59.2 Å². The first-order valence-corrected chi connectivity index (χ1v) is 7.11. The van der Waals surface area contributed by atoms with E-state index in [4.69, 9.17) is 5.73 Å². The molecule has 0 unspecified atom stereocenters. The van der Waals surface area contributed by atoms with E-state index in [9.17, 15) is 4.79 Å². The van der Waals surface area contributed by atoms with Crippen LogP contribution in [0.15, 0.2) is 48.7 Å². The minimum Gasteiger partial charge on any atom is -0.331 e. The van der Waals surface area contributed by atoms with Gasteiger partial charge in [-0.05, 0) is 31.0 Å². The molecule has 0 saturated heterocycles. The largest absolute Gasteiger partial charge is 0.331 e. The quantitative estimate of drug-likeness (QED) is 0.917. The first-order chi connectivity index (χ1) is 10.1. The lowest BCUT2D eigenvalue weighted by Gasteiger charge is -2.26. The number of nitrogens with zero attached hydrogens (tertiary/aromatic N) is 2. The van der Waals surface area contributed by atoms with E-state index in [1.165, 1.54) is 0 Å². The summed E-state index contributed by atoms with van der Waals surface area (Å²) in [7, 11) is 0. The van der Waals surface area contributed by atoms with Gasteiger partial charge in [0.05, 0.1) is 0 Å². The second-order valence-corrected chi connectivity index (χ2v) is 5.27. The van der Waals surface area contributed by atoms with Gasteiger partial charge in [0.25, 0.3) is 5.91 Å². The number of hydrogen-bond acceptors (Lipinski definition) is 3. The Hall–Kier alpha value is -2.20. The van der Waals surface area contributed by atoms with Gasteiger partial charge in [-0.3, -0.25) is 9.78 Å². The van der Waals surface area contributed by atoms with E-state index in [0.29, 0.717) is 18.8 Å². The van der Waals surface area contributed by atoms with Crippen molar-refractivity contribution in [2.45, 2.75) is 33.0 Å². The molecule has 0 fully saturated rings. The standard InChI is InChI=1S/C17H21N3O/c1-13(2)20(12-14-6-4-3-5-7-14)17(21)16-9-8-15(10-18)11-19-16/h3-9,11,13H,10,12,18H2,1-2H3. The van der Waals surface area contributed by atoms with E-state index in [2.05, 4.69) is 4.98 Å². The smallest absolute Gasteiger partial charge is 0.272 e. The number of carbonyl (C=O) groups excluding carboxylic acids is 1. The number of nitrogens with two attached hydrogens (primary N) is 1. The van der Waals surface area contributed by atoms with Gasteiger partial charge >= 0.3 is 0 Å². The molecular weight excluding hydrogens is 262 g/mol. The van der Waals surface area contributed by atoms with Gasteiger partial charge in [0.1, 0.15) is 5.69 Å². The van der Waals surface area contributed by atoms with E-state index in [-0.39, 0.29) is 11.9 Å². The number of rotatable bonds is 5. The van der Waals surface area contributed by atoms with Crippen molar-refractivity contribution in [2.24, 2.45) is 5.73 Å². The van der Waals surface area contributed by atoms with Crippen LogP contribution in [-0.2, 0) is 13.1 Å². The molecule has 1 aromatic carbocycles. The lowest BCUT2D eigenvalue weighted by molar-refractivity contribution is 0.0684. The van der Waals surface area contributed by atoms with Crippen LogP contribution in [0.4, 0.5) is 0 Å². The van der Waals surface area contributed by atoms with E-state index in [0.717, 1.165) is 11.1 Å². The zero-order valence-electron chi connectivity index (χ0n) is 12.5. The summed E-state index contributed by atoms with van der Waals surface area (Å²) in [5, 5.41) is 0. The van der Waals surface area contributed by atoms with Crippen LogP contribution in [0, 0.1) is 0 Å². The third-order valence-corrected chi connectivity index (χ3v) is 3.36. The van der Waals surface area contributed by atoms with Gasteiger partial charge in [-0.15, -0.1) is 0 Å². The molecule has 4 nitrogen and oxygen atoms in total. The van der Waals surface area contributed by atoms with Gasteiger partial charge in [0, 0.05) is 25.3 Å². The Morgan fingerprint density at radius 2 is 1.86 bits per heavy atom. The summed E-state index contributed by atoms with van der Waals surface area (Å²) < 4.78 is 0. The Kier molecular flexibility index (Phi) is 5.06. The molecule has 2 rings (SSSR count). The number of benzene rings is 1. The molecule has 0 aliphatic heterocycles. The minimum absolute atomic E-state index is 0.0579. The molecule has 0 spiro atoms. The molecule has 0 atom stereocenters. The van der Waals surface area contributed by atoms with Crippen molar-refractivity contribution in [3.05, 3.63) is 65.5 Å². The highest BCUT2D eigenvalue weighted by atomic mass is 16.2. The lowest BCUT2D eigenvalue weighted by Crippen LogP contribution is -2.36. The van der Waals surface area contributed by atoms with Gasteiger partial charge in [0.15, 0.2) is 0 Å². The van der Waals surface area contributed by atoms with Crippen LogP contribution in [0.1, 0.15) is 35.5 Å². The second-order valence-electron chi connectivity index (χ2n) is 5.27. The third kappa shape index (κ3) is 3.89. The highest BCUT2D eigenvalue weighted by Gasteiger charge is 2.20. The Morgan fingerprint density at radius 3 is 2.38 bits per heavy atom. The normalized spacial score (nSPS) is 10.7. The van der Waals surface area contributed by atoms with Crippen molar-refractivity contribution in [2.75, 3.05) is 0 Å². The van der Waals surface area contributed by atoms with Crippen LogP contribution in [0.3, 0.4) is 0 Å². The summed E-state index contributed by atoms with van der Waals surface area (Å²) in [6, 6.07) is 13.7. The first kappa shape index (κ1) is 15.2. The van der Waals surface area contributed by atoms with Gasteiger partial charge in [0.2, 0.25) is 0 Å². The van der Waals surface area contributed by atoms with E-state index in [1.807, 2.05) is 55.1 Å². The van der Waals surface area contributed by atoms with Crippen molar-refractivity contribution in [1.29, 1.82) is 0 Å². The number of aromatic nitrogens is 1. The van der Waals surface area contributed by atoms with Gasteiger partial charge in [-0.25, -0.2) is 0 Å². The van der Waals surface area contributed by atoms with Crippen LogP contribution in [0.25, 0.3) is 0 Å². The summed E-state index contributed by atoms with van der Waals surface area (Å²) in [5.74, 6) is -0.0579. The van der Waals surface area contributed by atoms with Crippen molar-refractivity contribution < 1.29 is 4.79 Å². The molecule has 4 heteroatoms. The Bertz CT molecular complexity index is 579. The molecular formula is C17H21N3O. The van der Waals surface area contributed by atoms with Crippen molar-refractivity contribution >= 4 is 5.91 Å². The highest BCUT2D eigenvalue weighted by Crippen LogP contribution is 2.12. The average Bonchev–Trinajstić information content (AvgIpc) is 2.53. The van der Waals surface area contributed by atoms with Crippen molar-refractivity contribution in [3.8, 4) is 0 Å². The molecule has 2 N–H and O–H groups in total. The summed E-state index contributed by atoms with van der Waals surface area (Å²) in [4.78, 5) is 18.7. The third-order valence-electron chi connectivity index (χ3n) is 3.36. The molecule has 110 valence electrons. The Labute approximate surface area is 125 Å². The van der Waals surface area contributed by atoms with Gasteiger partial charge in [-0.2, -0.15) is 0 Å². The zero-order valence-corrected chi connectivity index (χ0v) is 12.5. The Balaban J connectivity index is 2.18. The van der Waals surface area contributed by atoms with Gasteiger partial charge in [-0.1, -0.05) is 36.4 Å². The molecule has 0 radical (unpaired) electrons. The zero-order chi connectivity index (χ0) is 15.2. The fourth-order valence-electron chi connectivity index (χ4n) is 2.09. The second kappa shape index (κ2) is 6.99. The van der Waals surface area contributed by atoms with Crippen LogP contribution >= 0.6 is 0 Å². The maximum atomic E-state index is 12.6. The number of carbonyl (C=O) groups is 1. The lowest BCUT2D eigenvalue weighted by atomic mass is 10.1. The summed E-state index contributed by atoms with van der Waals surface area (Å²) in [5.41, 5.74) is 8.04. The molecule has 2 aromatic rings. The molecule has 0 bridgehead atoms. The SMILES string of the molecule is CC(C)N(Cc1ccccc1)C(=O)c1ccc(CN)cn1. The summed E-state index contributed by atoms with van der Waals surface area (Å²) in [6.45, 7) is 5.03. The fraction of sp³-hybridized carbons (Fsp3) is 0.294. The molecule has 21 heavy (non-hydrogen) atoms. The van der Waals surface area contributed by atoms with E-state index >= 15 is 0 Å². The van der Waals surface area contributed by atoms with E-state index in [1.54, 1.807) is 12.3 Å². The predicted octanol–water partition coefficient (Wildman–Crippen LogP) is 2.59. The number of hydrogen-bond donors (Lipinski definition) is 1. The predicted molar refractivity (Wildman–Crippen MR) is 83.6 cm³/mol. The van der Waals surface area contributed by atoms with Crippen LogP contribution in [-0.4, -0.2) is 21.8 Å². The number of amides is 1. The first-order valence-electron chi connectivity index (χ1n) is 7.11. The van der Waals surface area contributed by atoms with Gasteiger partial charge < -0.3 is 10.6 Å². The molecule has 0 aliphatic rings. The van der Waals surface area contributed by atoms with Crippen molar-refractivity contribution in [1.82, 2.24) is 9.88 Å². The average molecular weight is 283 g/mol. The van der Waals surface area contributed by atoms with Crippen LogP contribution < -0.4 is 5.73 Å². The molecule has 0 aliphatic carbocycles. The Morgan fingerprint density at radius 1 is 1.14 bits per heavy atom. The highest BCUT2D eigenvalue weighted by molar-refractivity contribution is 5.92. The molecule has 1 heterocycles. The summed E-state index contributed by atoms with van der Waals surface area (Å²) in [6.07, 6.45) is 1.66. The van der Waals surface area contributed by atoms with E-state index < -0.39 is 0 Å². The van der Waals surface area contributed by atoms with Crippen LogP contribution in [0.5, 0.6) is 0 Å². The van der Waals surface area contributed by atoms with Crippen molar-refractivity contribution in [3.63, 3.8) is 0 Å². The monoisotopic (exact) mass is 283 g/mol. The maximum Gasteiger partial charge on any atom is 0.272 e. The fourth-order valence-corrected chi connectivity index (χ4v) is 2.09. The minimum atomic E-state index is -0.0579. The number of pyridine rings is 1.